The van der Waals surface area contributed by atoms with E-state index in [2.05, 4.69) is 4.98 Å². The van der Waals surface area contributed by atoms with Gasteiger partial charge in [0.1, 0.15) is 5.84 Å². The molecule has 7 N–H and O–H groups in total. The fourth-order valence-corrected chi connectivity index (χ4v) is 3.74. The highest BCUT2D eigenvalue weighted by Gasteiger charge is 2.17. The van der Waals surface area contributed by atoms with Crippen LogP contribution in [0.2, 0.25) is 0 Å². The van der Waals surface area contributed by atoms with E-state index < -0.39 is 11.9 Å². The van der Waals surface area contributed by atoms with Gasteiger partial charge in [0.05, 0.1) is 5.56 Å². The number of aromatic carboxylic acids is 1. The van der Waals surface area contributed by atoms with Gasteiger partial charge in [0.2, 0.25) is 5.91 Å². The standard InChI is InChI=1S/C24H20N4O3/c25-22(26)14-6-8-21-19(10-14)16(12-28-21)9-13-3-1-2-4-17(13)18-7-5-15(23(27)29)11-20(18)24(30)31/h1-8,10-12,28H,9H2,(H3,25,26)(H2,27,29)(H,30,31). The summed E-state index contributed by atoms with van der Waals surface area (Å²) in [5.41, 5.74) is 15.9. The number of carbonyl (C=O) groups excluding carboxylic acids is 1. The van der Waals surface area contributed by atoms with Crippen molar-refractivity contribution >= 4 is 28.6 Å². The molecule has 0 fully saturated rings. The number of amidine groups is 1. The second-order valence-electron chi connectivity index (χ2n) is 7.25. The molecule has 0 spiro atoms. The largest absolute Gasteiger partial charge is 0.478 e. The topological polar surface area (TPSA) is 146 Å². The molecule has 3 aromatic carbocycles. The molecule has 0 bridgehead atoms. The summed E-state index contributed by atoms with van der Waals surface area (Å²) in [5, 5.41) is 18.4. The number of carbonyl (C=O) groups is 2. The molecule has 4 aromatic rings. The zero-order valence-corrected chi connectivity index (χ0v) is 16.5. The zero-order valence-electron chi connectivity index (χ0n) is 16.5. The summed E-state index contributed by atoms with van der Waals surface area (Å²) in [6.45, 7) is 0. The van der Waals surface area contributed by atoms with E-state index in [1.807, 2.05) is 42.6 Å². The Bertz CT molecular complexity index is 1350. The van der Waals surface area contributed by atoms with Gasteiger partial charge in [-0.2, -0.15) is 0 Å². The molecule has 0 unspecified atom stereocenters. The van der Waals surface area contributed by atoms with Gasteiger partial charge in [0.15, 0.2) is 0 Å². The molecule has 1 amide bonds. The number of amides is 1. The molecule has 31 heavy (non-hydrogen) atoms. The minimum absolute atomic E-state index is 0.00455. The van der Waals surface area contributed by atoms with E-state index in [4.69, 9.17) is 16.9 Å². The quantitative estimate of drug-likeness (QED) is 0.244. The predicted octanol–water partition coefficient (Wildman–Crippen LogP) is 3.51. The summed E-state index contributed by atoms with van der Waals surface area (Å²) in [5.74, 6) is -1.82. The maximum absolute atomic E-state index is 11.9. The Hall–Kier alpha value is -4.39. The van der Waals surface area contributed by atoms with Gasteiger partial charge < -0.3 is 21.6 Å². The summed E-state index contributed by atoms with van der Waals surface area (Å²) < 4.78 is 0. The lowest BCUT2D eigenvalue weighted by molar-refractivity contribution is 0.0697. The monoisotopic (exact) mass is 412 g/mol. The summed E-state index contributed by atoms with van der Waals surface area (Å²) in [6, 6.07) is 17.5. The van der Waals surface area contributed by atoms with E-state index in [1.54, 1.807) is 12.1 Å². The van der Waals surface area contributed by atoms with Crippen LogP contribution in [0.4, 0.5) is 0 Å². The second-order valence-corrected chi connectivity index (χ2v) is 7.25. The number of aromatic amines is 1. The normalized spacial score (nSPS) is 10.8. The molecule has 0 aliphatic heterocycles. The number of hydrogen-bond donors (Lipinski definition) is 5. The van der Waals surface area contributed by atoms with Crippen molar-refractivity contribution in [2.24, 2.45) is 11.5 Å². The molecule has 0 aliphatic carbocycles. The number of carboxylic acid groups (broad SMARTS) is 1. The highest BCUT2D eigenvalue weighted by atomic mass is 16.4. The first-order valence-corrected chi connectivity index (χ1v) is 9.55. The number of benzene rings is 3. The summed E-state index contributed by atoms with van der Waals surface area (Å²) in [7, 11) is 0. The summed E-state index contributed by atoms with van der Waals surface area (Å²) >= 11 is 0. The average molecular weight is 412 g/mol. The molecule has 1 aromatic heterocycles. The lowest BCUT2D eigenvalue weighted by Crippen LogP contribution is -2.12. The van der Waals surface area contributed by atoms with Gasteiger partial charge in [-0.25, -0.2) is 4.79 Å². The predicted molar refractivity (Wildman–Crippen MR) is 119 cm³/mol. The average Bonchev–Trinajstić information content (AvgIpc) is 3.15. The van der Waals surface area contributed by atoms with Crippen molar-refractivity contribution in [3.05, 3.63) is 94.7 Å². The number of fused-ring (bicyclic) bond motifs is 1. The van der Waals surface area contributed by atoms with Crippen LogP contribution >= 0.6 is 0 Å². The van der Waals surface area contributed by atoms with Crippen LogP contribution in [0.1, 0.15) is 37.4 Å². The van der Waals surface area contributed by atoms with Gasteiger partial charge >= 0.3 is 5.97 Å². The first-order chi connectivity index (χ1) is 14.8. The molecule has 7 nitrogen and oxygen atoms in total. The first kappa shape index (κ1) is 19.9. The van der Waals surface area contributed by atoms with Crippen molar-refractivity contribution in [3.63, 3.8) is 0 Å². The minimum atomic E-state index is -1.13. The number of nitrogens with two attached hydrogens (primary N) is 2. The smallest absolute Gasteiger partial charge is 0.336 e. The van der Waals surface area contributed by atoms with Gasteiger partial charge in [-0.15, -0.1) is 0 Å². The number of hydrogen-bond acceptors (Lipinski definition) is 3. The number of H-pyrrole nitrogens is 1. The number of nitrogens with one attached hydrogen (secondary N) is 2. The van der Waals surface area contributed by atoms with Crippen molar-refractivity contribution in [2.75, 3.05) is 0 Å². The zero-order chi connectivity index (χ0) is 22.1. The molecule has 4 rings (SSSR count). The number of rotatable bonds is 6. The number of primary amides is 1. The molecule has 0 atom stereocenters. The van der Waals surface area contributed by atoms with E-state index in [9.17, 15) is 14.7 Å². The lowest BCUT2D eigenvalue weighted by atomic mass is 9.91. The fourth-order valence-electron chi connectivity index (χ4n) is 3.74. The van der Waals surface area contributed by atoms with Gasteiger partial charge in [0.25, 0.3) is 0 Å². The SMILES string of the molecule is N=C(N)c1ccc2[nH]cc(Cc3ccccc3-c3ccc(C(N)=O)cc3C(=O)O)c2c1. The Labute approximate surface area is 177 Å². The molecule has 0 radical (unpaired) electrons. The van der Waals surface area contributed by atoms with Crippen molar-refractivity contribution in [2.45, 2.75) is 6.42 Å². The van der Waals surface area contributed by atoms with Crippen molar-refractivity contribution in [3.8, 4) is 11.1 Å². The molecule has 154 valence electrons. The van der Waals surface area contributed by atoms with Crippen LogP contribution < -0.4 is 11.5 Å². The number of aromatic nitrogens is 1. The lowest BCUT2D eigenvalue weighted by Gasteiger charge is -2.13. The Morgan fingerprint density at radius 2 is 1.65 bits per heavy atom. The first-order valence-electron chi connectivity index (χ1n) is 9.55. The van der Waals surface area contributed by atoms with Crippen LogP contribution in [0.3, 0.4) is 0 Å². The Kier molecular flexibility index (Phi) is 5.00. The van der Waals surface area contributed by atoms with Crippen LogP contribution in [0.15, 0.2) is 66.9 Å². The molecule has 0 saturated heterocycles. The van der Waals surface area contributed by atoms with E-state index in [0.29, 0.717) is 17.5 Å². The molecule has 0 saturated carbocycles. The van der Waals surface area contributed by atoms with Crippen LogP contribution in [0, 0.1) is 5.41 Å². The van der Waals surface area contributed by atoms with E-state index >= 15 is 0 Å². The number of carboxylic acids is 1. The third-order valence-corrected chi connectivity index (χ3v) is 5.30. The molecular weight excluding hydrogens is 392 g/mol. The van der Waals surface area contributed by atoms with E-state index in [-0.39, 0.29) is 17.0 Å². The molecular formula is C24H20N4O3. The van der Waals surface area contributed by atoms with Crippen LogP contribution in [-0.4, -0.2) is 27.8 Å². The van der Waals surface area contributed by atoms with E-state index in [0.717, 1.165) is 27.6 Å². The summed E-state index contributed by atoms with van der Waals surface area (Å²) in [6.07, 6.45) is 2.44. The van der Waals surface area contributed by atoms with Crippen molar-refractivity contribution in [1.29, 1.82) is 5.41 Å². The van der Waals surface area contributed by atoms with Gasteiger partial charge in [-0.05, 0) is 52.6 Å². The highest BCUT2D eigenvalue weighted by Crippen LogP contribution is 2.31. The van der Waals surface area contributed by atoms with Gasteiger partial charge in [0, 0.05) is 34.6 Å². The van der Waals surface area contributed by atoms with E-state index in [1.165, 1.54) is 12.1 Å². The van der Waals surface area contributed by atoms with Crippen LogP contribution in [0.25, 0.3) is 22.0 Å². The van der Waals surface area contributed by atoms with Crippen LogP contribution in [-0.2, 0) is 6.42 Å². The molecule has 1 heterocycles. The maximum Gasteiger partial charge on any atom is 0.336 e. The third kappa shape index (κ3) is 3.76. The van der Waals surface area contributed by atoms with Crippen LogP contribution in [0.5, 0.6) is 0 Å². The fraction of sp³-hybridized carbons (Fsp3) is 0.0417. The van der Waals surface area contributed by atoms with Crippen molar-refractivity contribution < 1.29 is 14.7 Å². The summed E-state index contributed by atoms with van der Waals surface area (Å²) in [4.78, 5) is 26.6. The molecule has 0 aliphatic rings. The highest BCUT2D eigenvalue weighted by molar-refractivity contribution is 6.02. The Morgan fingerprint density at radius 1 is 0.903 bits per heavy atom. The van der Waals surface area contributed by atoms with Gasteiger partial charge in [-0.3, -0.25) is 10.2 Å². The Morgan fingerprint density at radius 3 is 2.35 bits per heavy atom. The minimum Gasteiger partial charge on any atom is -0.478 e. The van der Waals surface area contributed by atoms with Crippen molar-refractivity contribution in [1.82, 2.24) is 4.98 Å². The number of nitrogen functional groups attached to an aromatic ring is 1. The Balaban J connectivity index is 1.82. The maximum atomic E-state index is 11.9. The third-order valence-electron chi connectivity index (χ3n) is 5.30. The second kappa shape index (κ2) is 7.79. The van der Waals surface area contributed by atoms with Gasteiger partial charge in [-0.1, -0.05) is 30.3 Å². The molecule has 7 heteroatoms.